The Bertz CT molecular complexity index is 618. The van der Waals surface area contributed by atoms with Crippen LogP contribution in [0.3, 0.4) is 0 Å². The lowest BCUT2D eigenvalue weighted by Crippen LogP contribution is -2.26. The van der Waals surface area contributed by atoms with Gasteiger partial charge in [-0.2, -0.15) is 0 Å². The zero-order valence-corrected chi connectivity index (χ0v) is 12.4. The van der Waals surface area contributed by atoms with Crippen molar-refractivity contribution in [3.8, 4) is 0 Å². The molecule has 0 aliphatic rings. The molecule has 1 aromatic heterocycles. The second-order valence-corrected chi connectivity index (χ2v) is 7.69. The summed E-state index contributed by atoms with van der Waals surface area (Å²) in [6.07, 6.45) is 0.541. The number of benzene rings is 1. The number of hydrogen-bond donors (Lipinski definition) is 1. The molecule has 0 bridgehead atoms. The van der Waals surface area contributed by atoms with E-state index in [1.807, 2.05) is 49.4 Å². The van der Waals surface area contributed by atoms with Gasteiger partial charge in [0.25, 0.3) is 0 Å². The first-order chi connectivity index (χ1) is 9.05. The van der Waals surface area contributed by atoms with Crippen molar-refractivity contribution in [2.24, 2.45) is 0 Å². The maximum atomic E-state index is 11.9. The van der Waals surface area contributed by atoms with E-state index in [-0.39, 0.29) is 5.75 Å². The summed E-state index contributed by atoms with van der Waals surface area (Å²) in [7, 11) is -3.21. The Morgan fingerprint density at radius 1 is 1.11 bits per heavy atom. The Hall–Kier alpha value is -1.17. The first kappa shape index (κ1) is 14.2. The van der Waals surface area contributed by atoms with Crippen molar-refractivity contribution in [3.05, 3.63) is 57.8 Å². The molecule has 0 saturated carbocycles. The van der Waals surface area contributed by atoms with Crippen molar-refractivity contribution in [1.29, 1.82) is 0 Å². The molecule has 102 valence electrons. The topological polar surface area (TPSA) is 46.2 Å². The molecule has 3 nitrogen and oxygen atoms in total. The van der Waals surface area contributed by atoms with E-state index in [4.69, 9.17) is 0 Å². The van der Waals surface area contributed by atoms with Gasteiger partial charge in [-0.25, -0.2) is 13.1 Å². The van der Waals surface area contributed by atoms with Crippen LogP contribution < -0.4 is 4.72 Å². The number of hydrogen-bond acceptors (Lipinski definition) is 3. The number of sulfonamides is 1. The number of rotatable bonds is 6. The molecule has 1 heterocycles. The second-order valence-electron chi connectivity index (χ2n) is 4.39. The summed E-state index contributed by atoms with van der Waals surface area (Å²) < 4.78 is 26.4. The largest absolute Gasteiger partial charge is 0.212 e. The van der Waals surface area contributed by atoms with Gasteiger partial charge in [0, 0.05) is 16.3 Å². The Balaban J connectivity index is 1.85. The highest BCUT2D eigenvalue weighted by Crippen LogP contribution is 2.14. The minimum absolute atomic E-state index is 0.126. The van der Waals surface area contributed by atoms with E-state index in [2.05, 4.69) is 4.72 Å². The highest BCUT2D eigenvalue weighted by atomic mass is 32.2. The van der Waals surface area contributed by atoms with Gasteiger partial charge >= 0.3 is 0 Å². The summed E-state index contributed by atoms with van der Waals surface area (Å²) in [5.41, 5.74) is 1.04. The van der Waals surface area contributed by atoms with E-state index in [1.54, 1.807) is 11.3 Å². The zero-order valence-electron chi connectivity index (χ0n) is 10.8. The van der Waals surface area contributed by atoms with Gasteiger partial charge in [0.05, 0.1) is 5.75 Å². The van der Waals surface area contributed by atoms with Crippen LogP contribution in [0.5, 0.6) is 0 Å². The number of thiophene rings is 1. The van der Waals surface area contributed by atoms with Crippen LogP contribution in [-0.4, -0.2) is 14.2 Å². The Morgan fingerprint density at radius 2 is 1.84 bits per heavy atom. The number of aryl methyl sites for hydroxylation is 2. The molecule has 0 aliphatic heterocycles. The van der Waals surface area contributed by atoms with Crippen molar-refractivity contribution in [3.63, 3.8) is 0 Å². The van der Waals surface area contributed by atoms with Crippen LogP contribution in [0.1, 0.15) is 15.3 Å². The molecule has 2 rings (SSSR count). The van der Waals surface area contributed by atoms with Gasteiger partial charge in [0.15, 0.2) is 0 Å². The zero-order chi connectivity index (χ0) is 13.7. The van der Waals surface area contributed by atoms with E-state index in [9.17, 15) is 8.42 Å². The standard InChI is InChI=1S/C14H17NO2S2/c1-12-7-8-14(18-12)11-15-19(16,17)10-9-13-5-3-2-4-6-13/h2-8,15H,9-11H2,1H3. The van der Waals surface area contributed by atoms with E-state index in [1.165, 1.54) is 4.88 Å². The van der Waals surface area contributed by atoms with Crippen molar-refractivity contribution in [1.82, 2.24) is 4.72 Å². The molecule has 0 amide bonds. The van der Waals surface area contributed by atoms with Gasteiger partial charge in [-0.3, -0.25) is 0 Å². The predicted octanol–water partition coefficient (Wildman–Crippen LogP) is 2.72. The molecule has 0 atom stereocenters. The quantitative estimate of drug-likeness (QED) is 0.890. The third-order valence-electron chi connectivity index (χ3n) is 2.76. The van der Waals surface area contributed by atoms with Gasteiger partial charge in [-0.1, -0.05) is 30.3 Å². The Kier molecular flexibility index (Phi) is 4.74. The molecule has 1 N–H and O–H groups in total. The smallest absolute Gasteiger partial charge is 0.212 e. The third kappa shape index (κ3) is 4.78. The van der Waals surface area contributed by atoms with Crippen LogP contribution in [0, 0.1) is 6.92 Å². The Morgan fingerprint density at radius 3 is 2.47 bits per heavy atom. The molecule has 0 saturated heterocycles. The molecule has 0 fully saturated rings. The minimum Gasteiger partial charge on any atom is -0.212 e. The summed E-state index contributed by atoms with van der Waals surface area (Å²) in [4.78, 5) is 2.24. The SMILES string of the molecule is Cc1ccc(CNS(=O)(=O)CCc2ccccc2)s1. The summed E-state index contributed by atoms with van der Waals surface area (Å²) in [6.45, 7) is 2.40. The van der Waals surface area contributed by atoms with E-state index in [0.29, 0.717) is 13.0 Å². The maximum Gasteiger partial charge on any atom is 0.212 e. The summed E-state index contributed by atoms with van der Waals surface area (Å²) in [5.74, 6) is 0.126. The monoisotopic (exact) mass is 295 g/mol. The van der Waals surface area contributed by atoms with Crippen LogP contribution in [0.4, 0.5) is 0 Å². The molecule has 0 radical (unpaired) electrons. The van der Waals surface area contributed by atoms with E-state index in [0.717, 1.165) is 10.4 Å². The maximum absolute atomic E-state index is 11.9. The lowest BCUT2D eigenvalue weighted by atomic mass is 10.2. The summed E-state index contributed by atoms with van der Waals surface area (Å²) >= 11 is 1.62. The van der Waals surface area contributed by atoms with Crippen molar-refractivity contribution in [2.45, 2.75) is 19.9 Å². The molecular formula is C14H17NO2S2. The summed E-state index contributed by atoms with van der Waals surface area (Å²) in [5, 5.41) is 0. The lowest BCUT2D eigenvalue weighted by molar-refractivity contribution is 0.581. The average molecular weight is 295 g/mol. The summed E-state index contributed by atoms with van der Waals surface area (Å²) in [6, 6.07) is 13.6. The van der Waals surface area contributed by atoms with Crippen molar-refractivity contribution < 1.29 is 8.42 Å². The predicted molar refractivity (Wildman–Crippen MR) is 79.8 cm³/mol. The van der Waals surface area contributed by atoms with Crippen molar-refractivity contribution in [2.75, 3.05) is 5.75 Å². The molecule has 1 aromatic carbocycles. The third-order valence-corrected chi connectivity index (χ3v) is 5.09. The molecule has 0 spiro atoms. The van der Waals surface area contributed by atoms with Crippen LogP contribution in [0.2, 0.25) is 0 Å². The fraction of sp³-hybridized carbons (Fsp3) is 0.286. The molecule has 0 aliphatic carbocycles. The van der Waals surface area contributed by atoms with Gasteiger partial charge in [0.2, 0.25) is 10.0 Å². The number of nitrogens with one attached hydrogen (secondary N) is 1. The second kappa shape index (κ2) is 6.32. The highest BCUT2D eigenvalue weighted by Gasteiger charge is 2.10. The normalized spacial score (nSPS) is 11.6. The van der Waals surface area contributed by atoms with E-state index >= 15 is 0 Å². The molecule has 0 unspecified atom stereocenters. The molecule has 19 heavy (non-hydrogen) atoms. The van der Waals surface area contributed by atoms with Crippen LogP contribution in [0.15, 0.2) is 42.5 Å². The van der Waals surface area contributed by atoms with Gasteiger partial charge in [0.1, 0.15) is 0 Å². The highest BCUT2D eigenvalue weighted by molar-refractivity contribution is 7.89. The van der Waals surface area contributed by atoms with Crippen LogP contribution in [0.25, 0.3) is 0 Å². The van der Waals surface area contributed by atoms with Gasteiger partial charge in [-0.15, -0.1) is 11.3 Å². The Labute approximate surface area is 118 Å². The first-order valence-electron chi connectivity index (χ1n) is 6.12. The first-order valence-corrected chi connectivity index (χ1v) is 8.59. The van der Waals surface area contributed by atoms with Crippen molar-refractivity contribution >= 4 is 21.4 Å². The molecule has 5 heteroatoms. The molecular weight excluding hydrogens is 278 g/mol. The average Bonchev–Trinajstić information content (AvgIpc) is 2.82. The fourth-order valence-corrected chi connectivity index (χ4v) is 3.68. The van der Waals surface area contributed by atoms with Crippen LogP contribution >= 0.6 is 11.3 Å². The van der Waals surface area contributed by atoms with Gasteiger partial charge < -0.3 is 0 Å². The van der Waals surface area contributed by atoms with E-state index < -0.39 is 10.0 Å². The lowest BCUT2D eigenvalue weighted by Gasteiger charge is -2.05. The molecule has 2 aromatic rings. The minimum atomic E-state index is -3.21. The van der Waals surface area contributed by atoms with Gasteiger partial charge in [-0.05, 0) is 31.0 Å². The van der Waals surface area contributed by atoms with Crippen LogP contribution in [-0.2, 0) is 23.0 Å². The fourth-order valence-electron chi connectivity index (χ4n) is 1.73.